The van der Waals surface area contributed by atoms with E-state index < -0.39 is 11.5 Å². The van der Waals surface area contributed by atoms with Crippen LogP contribution >= 0.6 is 0 Å². The molecule has 4 nitrogen and oxygen atoms in total. The van der Waals surface area contributed by atoms with E-state index in [1.165, 1.54) is 4.90 Å². The highest BCUT2D eigenvalue weighted by Gasteiger charge is 2.41. The lowest BCUT2D eigenvalue weighted by molar-refractivity contribution is -0.160. The summed E-state index contributed by atoms with van der Waals surface area (Å²) in [6, 6.07) is 0. The van der Waals surface area contributed by atoms with Crippen LogP contribution in [0.4, 0.5) is 0 Å². The molecule has 4 heteroatoms. The van der Waals surface area contributed by atoms with Gasteiger partial charge in [0.2, 0.25) is 5.78 Å². The first-order valence-electron chi connectivity index (χ1n) is 4.39. The molecule has 0 aliphatic carbocycles. The number of likely N-dealkylation sites (tertiary alicyclic amines) is 1. The van der Waals surface area contributed by atoms with Crippen LogP contribution in [0.5, 0.6) is 0 Å². The van der Waals surface area contributed by atoms with Crippen LogP contribution in [0.1, 0.15) is 20.8 Å². The predicted molar refractivity (Wildman–Crippen MR) is 47.0 cm³/mol. The zero-order valence-corrected chi connectivity index (χ0v) is 8.20. The van der Waals surface area contributed by atoms with Gasteiger partial charge in [0.25, 0.3) is 5.91 Å². The van der Waals surface area contributed by atoms with Crippen LogP contribution < -0.4 is 0 Å². The zero-order valence-electron chi connectivity index (χ0n) is 8.20. The molecule has 0 spiro atoms. The van der Waals surface area contributed by atoms with E-state index >= 15 is 0 Å². The minimum Gasteiger partial charge on any atom is -0.386 e. The molecule has 0 saturated carbocycles. The summed E-state index contributed by atoms with van der Waals surface area (Å²) in [6.45, 7) is 5.57. The highest BCUT2D eigenvalue weighted by atomic mass is 16.3. The second kappa shape index (κ2) is 3.10. The summed E-state index contributed by atoms with van der Waals surface area (Å²) in [5.41, 5.74) is -0.799. The first-order chi connectivity index (χ1) is 5.83. The number of ketones is 1. The lowest BCUT2D eigenvalue weighted by Gasteiger charge is -2.43. The first-order valence-corrected chi connectivity index (χ1v) is 4.39. The van der Waals surface area contributed by atoms with Crippen molar-refractivity contribution >= 4 is 11.7 Å². The largest absolute Gasteiger partial charge is 0.386 e. The number of β-amino-alcohol motifs (C(OH)–C–C–N with tert-alkyl or cyclic N) is 1. The Labute approximate surface area is 77.5 Å². The third kappa shape index (κ3) is 2.06. The monoisotopic (exact) mass is 185 g/mol. The predicted octanol–water partition coefficient (Wildman–Crippen LogP) is -0.195. The quantitative estimate of drug-likeness (QED) is 0.606. The fraction of sp³-hybridized carbons (Fsp3) is 0.778. The van der Waals surface area contributed by atoms with Gasteiger partial charge in [-0.05, 0) is 6.92 Å². The van der Waals surface area contributed by atoms with Gasteiger partial charge in [0.1, 0.15) is 0 Å². The molecule has 0 unspecified atom stereocenters. The Morgan fingerprint density at radius 2 is 1.85 bits per heavy atom. The number of carbonyl (C=O) groups is 2. The van der Waals surface area contributed by atoms with Crippen molar-refractivity contribution in [2.45, 2.75) is 26.4 Å². The Morgan fingerprint density at radius 3 is 2.15 bits per heavy atom. The van der Waals surface area contributed by atoms with Gasteiger partial charge >= 0.3 is 0 Å². The third-order valence-corrected chi connectivity index (χ3v) is 2.09. The molecule has 1 amide bonds. The Hall–Kier alpha value is -0.900. The van der Waals surface area contributed by atoms with E-state index in [1.54, 1.807) is 20.8 Å². The van der Waals surface area contributed by atoms with E-state index in [4.69, 9.17) is 0 Å². The maximum Gasteiger partial charge on any atom is 0.290 e. The van der Waals surface area contributed by atoms with Crippen molar-refractivity contribution in [3.05, 3.63) is 0 Å². The highest BCUT2D eigenvalue weighted by molar-refractivity contribution is 6.36. The molecule has 1 fully saturated rings. The number of hydrogen-bond donors (Lipinski definition) is 1. The van der Waals surface area contributed by atoms with E-state index in [0.29, 0.717) is 0 Å². The molecular weight excluding hydrogens is 170 g/mol. The summed E-state index contributed by atoms with van der Waals surface area (Å²) >= 11 is 0. The number of carbonyl (C=O) groups excluding carboxylic acids is 2. The molecule has 1 heterocycles. The Bertz CT molecular complexity index is 237. The second-order valence-corrected chi connectivity index (χ2v) is 4.18. The Morgan fingerprint density at radius 1 is 1.38 bits per heavy atom. The summed E-state index contributed by atoms with van der Waals surface area (Å²) < 4.78 is 0. The molecule has 1 aliphatic heterocycles. The topological polar surface area (TPSA) is 57.6 Å². The Balaban J connectivity index is 2.48. The fourth-order valence-electron chi connectivity index (χ4n) is 1.32. The molecule has 1 N–H and O–H groups in total. The molecule has 1 aliphatic rings. The SMILES string of the molecule is CC(C)C(=O)C(=O)N1CC(C)(O)C1. The number of amides is 1. The van der Waals surface area contributed by atoms with Gasteiger partial charge in [-0.2, -0.15) is 0 Å². The summed E-state index contributed by atoms with van der Waals surface area (Å²) in [4.78, 5) is 23.9. The molecule has 0 aromatic rings. The van der Waals surface area contributed by atoms with Gasteiger partial charge in [-0.3, -0.25) is 9.59 Å². The van der Waals surface area contributed by atoms with Crippen LogP contribution in [-0.2, 0) is 9.59 Å². The van der Waals surface area contributed by atoms with Gasteiger partial charge in [0.05, 0.1) is 18.7 Å². The first kappa shape index (κ1) is 10.2. The van der Waals surface area contributed by atoms with E-state index in [1.807, 2.05) is 0 Å². The van der Waals surface area contributed by atoms with Gasteiger partial charge < -0.3 is 10.0 Å². The van der Waals surface area contributed by atoms with Crippen LogP contribution in [-0.4, -0.2) is 40.4 Å². The fourth-order valence-corrected chi connectivity index (χ4v) is 1.32. The number of Topliss-reactive ketones (excluding diaryl/α,β-unsaturated/α-hetero) is 1. The summed E-state index contributed by atoms with van der Waals surface area (Å²) in [7, 11) is 0. The maximum absolute atomic E-state index is 11.3. The van der Waals surface area contributed by atoms with Crippen molar-refractivity contribution in [2.75, 3.05) is 13.1 Å². The van der Waals surface area contributed by atoms with Crippen molar-refractivity contribution in [2.24, 2.45) is 5.92 Å². The molecule has 1 saturated heterocycles. The second-order valence-electron chi connectivity index (χ2n) is 4.18. The number of rotatable bonds is 2. The molecule has 0 bridgehead atoms. The van der Waals surface area contributed by atoms with Crippen LogP contribution in [0.3, 0.4) is 0 Å². The number of nitrogens with zero attached hydrogens (tertiary/aromatic N) is 1. The molecule has 0 atom stereocenters. The molecule has 0 aromatic carbocycles. The van der Waals surface area contributed by atoms with E-state index in [-0.39, 0.29) is 24.8 Å². The standard InChI is InChI=1S/C9H15NO3/c1-6(2)7(11)8(12)10-4-9(3,13)5-10/h6,13H,4-5H2,1-3H3. The molecule has 0 radical (unpaired) electrons. The highest BCUT2D eigenvalue weighted by Crippen LogP contribution is 2.20. The summed E-state index contributed by atoms with van der Waals surface area (Å²) in [6.07, 6.45) is 0. The molecule has 13 heavy (non-hydrogen) atoms. The lowest BCUT2D eigenvalue weighted by atomic mass is 9.95. The summed E-state index contributed by atoms with van der Waals surface area (Å²) in [5.74, 6) is -1.12. The van der Waals surface area contributed by atoms with Crippen molar-refractivity contribution in [3.63, 3.8) is 0 Å². The maximum atomic E-state index is 11.3. The smallest absolute Gasteiger partial charge is 0.290 e. The zero-order chi connectivity index (χ0) is 10.2. The van der Waals surface area contributed by atoms with Gasteiger partial charge in [0.15, 0.2) is 0 Å². The lowest BCUT2D eigenvalue weighted by Crippen LogP contribution is -2.63. The van der Waals surface area contributed by atoms with Crippen molar-refractivity contribution < 1.29 is 14.7 Å². The van der Waals surface area contributed by atoms with Crippen LogP contribution in [0.15, 0.2) is 0 Å². The van der Waals surface area contributed by atoms with Crippen molar-refractivity contribution in [3.8, 4) is 0 Å². The molecule has 1 rings (SSSR count). The van der Waals surface area contributed by atoms with Crippen LogP contribution in [0.25, 0.3) is 0 Å². The van der Waals surface area contributed by atoms with Gasteiger partial charge in [-0.15, -0.1) is 0 Å². The van der Waals surface area contributed by atoms with E-state index in [9.17, 15) is 14.7 Å². The Kier molecular flexibility index (Phi) is 2.43. The van der Waals surface area contributed by atoms with Crippen LogP contribution in [0.2, 0.25) is 0 Å². The van der Waals surface area contributed by atoms with Gasteiger partial charge in [-0.1, -0.05) is 13.8 Å². The number of hydrogen-bond acceptors (Lipinski definition) is 3. The molecule has 74 valence electrons. The minimum atomic E-state index is -0.799. The summed E-state index contributed by atoms with van der Waals surface area (Å²) in [5, 5.41) is 9.35. The molecular formula is C9H15NO3. The van der Waals surface area contributed by atoms with Crippen LogP contribution in [0, 0.1) is 5.92 Å². The van der Waals surface area contributed by atoms with Gasteiger partial charge in [-0.25, -0.2) is 0 Å². The van der Waals surface area contributed by atoms with Gasteiger partial charge in [0, 0.05) is 5.92 Å². The van der Waals surface area contributed by atoms with Crippen molar-refractivity contribution in [1.82, 2.24) is 4.90 Å². The normalized spacial score (nSPS) is 19.9. The number of aliphatic hydroxyl groups is 1. The average Bonchev–Trinajstić information content (AvgIpc) is 1.97. The average molecular weight is 185 g/mol. The third-order valence-electron chi connectivity index (χ3n) is 2.09. The molecule has 0 aromatic heterocycles. The minimum absolute atomic E-state index is 0.266. The van der Waals surface area contributed by atoms with E-state index in [2.05, 4.69) is 0 Å². The van der Waals surface area contributed by atoms with E-state index in [0.717, 1.165) is 0 Å². The van der Waals surface area contributed by atoms with Crippen molar-refractivity contribution in [1.29, 1.82) is 0 Å².